The molecule has 146 valence electrons. The minimum atomic E-state index is -0.931. The first-order chi connectivity index (χ1) is 12.9. The molecule has 0 radical (unpaired) electrons. The van der Waals surface area contributed by atoms with Crippen molar-refractivity contribution in [2.24, 2.45) is 11.8 Å². The number of nitrogens with zero attached hydrogens (tertiary/aromatic N) is 1. The van der Waals surface area contributed by atoms with Crippen LogP contribution < -0.4 is 10.2 Å². The third-order valence-electron chi connectivity index (χ3n) is 5.36. The molecule has 0 bridgehead atoms. The number of carboxylic acids is 1. The van der Waals surface area contributed by atoms with Crippen molar-refractivity contribution in [1.29, 1.82) is 0 Å². The van der Waals surface area contributed by atoms with E-state index in [1.165, 1.54) is 6.07 Å². The van der Waals surface area contributed by atoms with Crippen LogP contribution in [0, 0.1) is 23.5 Å². The van der Waals surface area contributed by atoms with Gasteiger partial charge >= 0.3 is 5.97 Å². The summed E-state index contributed by atoms with van der Waals surface area (Å²) >= 11 is 0. The zero-order chi connectivity index (χ0) is 19.6. The van der Waals surface area contributed by atoms with Crippen LogP contribution >= 0.6 is 0 Å². The van der Waals surface area contributed by atoms with E-state index in [1.54, 1.807) is 0 Å². The average Bonchev–Trinajstić information content (AvgIpc) is 2.84. The van der Waals surface area contributed by atoms with Crippen molar-refractivity contribution in [2.45, 2.75) is 44.6 Å². The van der Waals surface area contributed by atoms with Gasteiger partial charge in [0, 0.05) is 25.1 Å². The highest BCUT2D eigenvalue weighted by Crippen LogP contribution is 2.29. The van der Waals surface area contributed by atoms with Gasteiger partial charge < -0.3 is 15.3 Å². The molecule has 1 saturated heterocycles. The number of rotatable bonds is 4. The van der Waals surface area contributed by atoms with Gasteiger partial charge in [-0.15, -0.1) is 0 Å². The number of hydrogen-bond acceptors (Lipinski definition) is 3. The molecule has 3 atom stereocenters. The molecule has 8 heteroatoms. The molecule has 1 aliphatic heterocycles. The second kappa shape index (κ2) is 8.02. The maximum atomic E-state index is 14.0. The van der Waals surface area contributed by atoms with Crippen LogP contribution in [0.3, 0.4) is 0 Å². The Kier molecular flexibility index (Phi) is 5.72. The van der Waals surface area contributed by atoms with E-state index in [0.717, 1.165) is 30.2 Å². The van der Waals surface area contributed by atoms with Gasteiger partial charge in [-0.2, -0.15) is 0 Å². The van der Waals surface area contributed by atoms with Gasteiger partial charge in [-0.25, -0.2) is 8.78 Å². The lowest BCUT2D eigenvalue weighted by Crippen LogP contribution is -2.45. The van der Waals surface area contributed by atoms with Crippen LogP contribution in [0.1, 0.15) is 38.5 Å². The van der Waals surface area contributed by atoms with Gasteiger partial charge in [0.25, 0.3) is 0 Å². The highest BCUT2D eigenvalue weighted by Gasteiger charge is 2.38. The predicted octanol–water partition coefficient (Wildman–Crippen LogP) is 2.47. The monoisotopic (exact) mass is 380 g/mol. The minimum Gasteiger partial charge on any atom is -0.481 e. The molecule has 6 nitrogen and oxygen atoms in total. The van der Waals surface area contributed by atoms with E-state index < -0.39 is 47.3 Å². The Hall–Kier alpha value is -2.51. The van der Waals surface area contributed by atoms with Crippen LogP contribution in [0.15, 0.2) is 18.2 Å². The standard InChI is InChI=1S/C19H22F2N2O4/c20-12-6-7-16(14(21)9-12)23-10-11(8-17(23)24)18(25)22-15-5-3-1-2-4-13(15)19(26)27/h6-7,9,11,13,15H,1-5,8,10H2,(H,22,25)(H,26,27)/t11?,13-,15+/m1/s1. The molecule has 1 aromatic rings. The van der Waals surface area contributed by atoms with Crippen molar-refractivity contribution in [3.05, 3.63) is 29.8 Å². The van der Waals surface area contributed by atoms with Crippen LogP contribution in [0.2, 0.25) is 0 Å². The summed E-state index contributed by atoms with van der Waals surface area (Å²) in [6.45, 7) is -0.0162. The van der Waals surface area contributed by atoms with Crippen molar-refractivity contribution < 1.29 is 28.3 Å². The predicted molar refractivity (Wildman–Crippen MR) is 93.0 cm³/mol. The van der Waals surface area contributed by atoms with E-state index in [2.05, 4.69) is 5.32 Å². The fourth-order valence-electron chi connectivity index (χ4n) is 3.89. The second-order valence-electron chi connectivity index (χ2n) is 7.20. The van der Waals surface area contributed by atoms with Gasteiger partial charge in [0.1, 0.15) is 11.6 Å². The van der Waals surface area contributed by atoms with Crippen LogP contribution in [-0.2, 0) is 14.4 Å². The quantitative estimate of drug-likeness (QED) is 0.786. The van der Waals surface area contributed by atoms with E-state index in [4.69, 9.17) is 0 Å². The molecule has 0 spiro atoms. The molecule has 0 aromatic heterocycles. The molecule has 1 heterocycles. The molecule has 2 fully saturated rings. The van der Waals surface area contributed by atoms with Crippen molar-refractivity contribution in [2.75, 3.05) is 11.4 Å². The third-order valence-corrected chi connectivity index (χ3v) is 5.36. The van der Waals surface area contributed by atoms with Crippen molar-refractivity contribution in [1.82, 2.24) is 5.32 Å². The summed E-state index contributed by atoms with van der Waals surface area (Å²) in [5, 5.41) is 12.2. The van der Waals surface area contributed by atoms with Gasteiger partial charge in [-0.3, -0.25) is 14.4 Å². The minimum absolute atomic E-state index is 0.0162. The van der Waals surface area contributed by atoms with Crippen LogP contribution in [0.5, 0.6) is 0 Å². The van der Waals surface area contributed by atoms with E-state index in [0.29, 0.717) is 18.9 Å². The maximum absolute atomic E-state index is 14.0. The molecule has 2 N–H and O–H groups in total. The smallest absolute Gasteiger partial charge is 0.308 e. The summed E-state index contributed by atoms with van der Waals surface area (Å²) < 4.78 is 27.0. The van der Waals surface area contributed by atoms with Crippen LogP contribution in [0.4, 0.5) is 14.5 Å². The van der Waals surface area contributed by atoms with E-state index in [-0.39, 0.29) is 18.7 Å². The SMILES string of the molecule is O=C(N[C@H]1CCCCC[C@H]1C(=O)O)C1CC(=O)N(c2ccc(F)cc2F)C1. The molecule has 1 saturated carbocycles. The number of benzene rings is 1. The Morgan fingerprint density at radius 2 is 1.89 bits per heavy atom. The summed E-state index contributed by atoms with van der Waals surface area (Å²) in [5.74, 6) is -4.69. The molecule has 1 aromatic carbocycles. The lowest BCUT2D eigenvalue weighted by molar-refractivity contribution is -0.143. The summed E-state index contributed by atoms with van der Waals surface area (Å²) in [6, 6.07) is 2.46. The fraction of sp³-hybridized carbons (Fsp3) is 0.526. The Bertz CT molecular complexity index is 755. The Labute approximate surface area is 155 Å². The number of amides is 2. The van der Waals surface area contributed by atoms with E-state index in [1.807, 2.05) is 0 Å². The summed E-state index contributed by atoms with van der Waals surface area (Å²) in [7, 11) is 0. The lowest BCUT2D eigenvalue weighted by atomic mass is 9.94. The molecular formula is C19H22F2N2O4. The second-order valence-corrected chi connectivity index (χ2v) is 7.20. The Morgan fingerprint density at radius 1 is 1.15 bits per heavy atom. The molecule has 3 rings (SSSR count). The average molecular weight is 380 g/mol. The highest BCUT2D eigenvalue weighted by atomic mass is 19.1. The van der Waals surface area contributed by atoms with Crippen molar-refractivity contribution in [3.8, 4) is 0 Å². The molecule has 27 heavy (non-hydrogen) atoms. The normalized spacial score (nSPS) is 25.9. The number of anilines is 1. The Morgan fingerprint density at radius 3 is 2.59 bits per heavy atom. The fourth-order valence-corrected chi connectivity index (χ4v) is 3.89. The van der Waals surface area contributed by atoms with Gasteiger partial charge in [0.05, 0.1) is 17.5 Å². The van der Waals surface area contributed by atoms with Gasteiger partial charge in [0.2, 0.25) is 11.8 Å². The van der Waals surface area contributed by atoms with Crippen LogP contribution in [-0.4, -0.2) is 35.5 Å². The topological polar surface area (TPSA) is 86.7 Å². The summed E-state index contributed by atoms with van der Waals surface area (Å²) in [6.07, 6.45) is 3.58. The first-order valence-corrected chi connectivity index (χ1v) is 9.15. The van der Waals surface area contributed by atoms with Gasteiger partial charge in [0.15, 0.2) is 0 Å². The first kappa shape index (κ1) is 19.3. The molecular weight excluding hydrogens is 358 g/mol. The number of hydrogen-bond donors (Lipinski definition) is 2. The first-order valence-electron chi connectivity index (χ1n) is 9.15. The largest absolute Gasteiger partial charge is 0.481 e. The van der Waals surface area contributed by atoms with E-state index in [9.17, 15) is 28.3 Å². The summed E-state index contributed by atoms with van der Waals surface area (Å²) in [5.41, 5.74) is -0.0606. The highest BCUT2D eigenvalue weighted by molar-refractivity contribution is 6.00. The molecule has 2 aliphatic rings. The number of carboxylic acid groups (broad SMARTS) is 1. The Balaban J connectivity index is 1.69. The van der Waals surface area contributed by atoms with E-state index >= 15 is 0 Å². The van der Waals surface area contributed by atoms with Crippen LogP contribution in [0.25, 0.3) is 0 Å². The maximum Gasteiger partial charge on any atom is 0.308 e. The number of carbonyl (C=O) groups excluding carboxylic acids is 2. The number of halogens is 2. The number of nitrogens with one attached hydrogen (secondary N) is 1. The lowest BCUT2D eigenvalue weighted by Gasteiger charge is -2.24. The zero-order valence-electron chi connectivity index (χ0n) is 14.8. The summed E-state index contributed by atoms with van der Waals surface area (Å²) in [4.78, 5) is 37.5. The van der Waals surface area contributed by atoms with Crippen molar-refractivity contribution >= 4 is 23.5 Å². The number of carbonyl (C=O) groups is 3. The zero-order valence-corrected chi connectivity index (χ0v) is 14.8. The van der Waals surface area contributed by atoms with Gasteiger partial charge in [-0.05, 0) is 25.0 Å². The molecule has 1 unspecified atom stereocenters. The molecule has 1 aliphatic carbocycles. The third kappa shape index (κ3) is 4.26. The van der Waals surface area contributed by atoms with Crippen molar-refractivity contribution in [3.63, 3.8) is 0 Å². The van der Waals surface area contributed by atoms with Gasteiger partial charge in [-0.1, -0.05) is 19.3 Å². The number of aliphatic carboxylic acids is 1. The molecule has 2 amide bonds.